The number of carbonyl (C=O) groups is 1. The number of aromatic nitrogens is 1. The highest BCUT2D eigenvalue weighted by Crippen LogP contribution is 2.20. The van der Waals surface area contributed by atoms with E-state index in [-0.39, 0.29) is 18.1 Å². The number of furan rings is 1. The van der Waals surface area contributed by atoms with Gasteiger partial charge in [-0.25, -0.2) is 4.98 Å². The van der Waals surface area contributed by atoms with Crippen molar-refractivity contribution < 1.29 is 13.9 Å². The molecule has 0 spiro atoms. The highest BCUT2D eigenvalue weighted by molar-refractivity contribution is 5.93. The highest BCUT2D eigenvalue weighted by Gasteiger charge is 2.18. The molecule has 0 unspecified atom stereocenters. The molecule has 0 aliphatic rings. The summed E-state index contributed by atoms with van der Waals surface area (Å²) in [7, 11) is 3.89. The summed E-state index contributed by atoms with van der Waals surface area (Å²) in [6.07, 6.45) is 3.04. The summed E-state index contributed by atoms with van der Waals surface area (Å²) in [6, 6.07) is 17.1. The number of nitrogens with one attached hydrogen (secondary N) is 1. The van der Waals surface area contributed by atoms with Gasteiger partial charge in [0.2, 0.25) is 5.88 Å². The molecule has 28 heavy (non-hydrogen) atoms. The third-order valence-electron chi connectivity index (χ3n) is 4.52. The summed E-state index contributed by atoms with van der Waals surface area (Å²) in [6.45, 7) is 2.40. The number of carbonyl (C=O) groups excluding carboxylic acids is 1. The summed E-state index contributed by atoms with van der Waals surface area (Å²) in [5.41, 5.74) is 1.55. The van der Waals surface area contributed by atoms with Crippen molar-refractivity contribution in [3.8, 4) is 5.88 Å². The molecule has 0 radical (unpaired) electrons. The van der Waals surface area contributed by atoms with E-state index in [4.69, 9.17) is 9.15 Å². The van der Waals surface area contributed by atoms with Crippen LogP contribution in [0.3, 0.4) is 0 Å². The maximum atomic E-state index is 12.5. The average molecular weight is 379 g/mol. The molecule has 2 atom stereocenters. The van der Waals surface area contributed by atoms with Crippen molar-refractivity contribution in [2.45, 2.75) is 19.1 Å². The predicted molar refractivity (Wildman–Crippen MR) is 107 cm³/mol. The van der Waals surface area contributed by atoms with Crippen LogP contribution >= 0.6 is 0 Å². The van der Waals surface area contributed by atoms with Crippen LogP contribution in [-0.4, -0.2) is 36.4 Å². The number of rotatable bonds is 8. The lowest BCUT2D eigenvalue weighted by Gasteiger charge is -2.22. The molecule has 0 fully saturated rings. The zero-order chi connectivity index (χ0) is 19.9. The second-order valence-corrected chi connectivity index (χ2v) is 6.76. The molecule has 6 heteroatoms. The van der Waals surface area contributed by atoms with E-state index in [1.54, 1.807) is 18.4 Å². The van der Waals surface area contributed by atoms with Crippen LogP contribution in [0.1, 0.15) is 40.8 Å². The van der Waals surface area contributed by atoms with Gasteiger partial charge in [0.05, 0.1) is 17.9 Å². The van der Waals surface area contributed by atoms with Crippen LogP contribution in [0.25, 0.3) is 0 Å². The molecule has 6 nitrogen and oxygen atoms in total. The standard InChI is InChI=1S/C22H25N3O3/c1-16(17-8-5-4-6-9-17)28-21-12-11-18(14-23-21)22(26)24-15-19(25(2)3)20-10-7-13-27-20/h4-14,16,19H,15H2,1-3H3,(H,24,26)/t16-,19-/m1/s1. The van der Waals surface area contributed by atoms with Gasteiger partial charge in [-0.2, -0.15) is 0 Å². The van der Waals surface area contributed by atoms with E-state index < -0.39 is 0 Å². The maximum Gasteiger partial charge on any atom is 0.252 e. The van der Waals surface area contributed by atoms with Crippen LogP contribution in [0.5, 0.6) is 5.88 Å². The maximum absolute atomic E-state index is 12.5. The van der Waals surface area contributed by atoms with Crippen LogP contribution in [0.2, 0.25) is 0 Å². The molecule has 0 bridgehead atoms. The first-order chi connectivity index (χ1) is 13.5. The van der Waals surface area contributed by atoms with Crippen molar-refractivity contribution >= 4 is 5.91 Å². The second kappa shape index (κ2) is 9.19. The summed E-state index contributed by atoms with van der Waals surface area (Å²) >= 11 is 0. The number of ether oxygens (including phenoxy) is 1. The summed E-state index contributed by atoms with van der Waals surface area (Å²) in [4.78, 5) is 18.7. The van der Waals surface area contributed by atoms with Gasteiger partial charge >= 0.3 is 0 Å². The third-order valence-corrected chi connectivity index (χ3v) is 4.52. The van der Waals surface area contributed by atoms with Crippen LogP contribution in [0.4, 0.5) is 0 Å². The molecular weight excluding hydrogens is 354 g/mol. The minimum absolute atomic E-state index is 0.0405. The van der Waals surface area contributed by atoms with Gasteiger partial charge in [-0.3, -0.25) is 9.69 Å². The van der Waals surface area contributed by atoms with E-state index in [2.05, 4.69) is 10.3 Å². The normalized spacial score (nSPS) is 13.1. The first kappa shape index (κ1) is 19.6. The van der Waals surface area contributed by atoms with Crippen molar-refractivity contribution in [1.29, 1.82) is 0 Å². The quantitative estimate of drug-likeness (QED) is 0.644. The predicted octanol–water partition coefficient (Wildman–Crippen LogP) is 3.85. The number of benzene rings is 1. The Morgan fingerprint density at radius 2 is 1.93 bits per heavy atom. The monoisotopic (exact) mass is 379 g/mol. The molecular formula is C22H25N3O3. The van der Waals surface area contributed by atoms with Gasteiger partial charge < -0.3 is 14.5 Å². The molecule has 0 aliphatic heterocycles. The van der Waals surface area contributed by atoms with Crippen LogP contribution in [0.15, 0.2) is 71.5 Å². The molecule has 1 amide bonds. The second-order valence-electron chi connectivity index (χ2n) is 6.76. The summed E-state index contributed by atoms with van der Waals surface area (Å²) < 4.78 is 11.3. The van der Waals surface area contributed by atoms with E-state index in [1.807, 2.05) is 68.4 Å². The Labute approximate surface area is 165 Å². The van der Waals surface area contributed by atoms with Crippen molar-refractivity contribution in [1.82, 2.24) is 15.2 Å². The van der Waals surface area contributed by atoms with Crippen LogP contribution < -0.4 is 10.1 Å². The van der Waals surface area contributed by atoms with Gasteiger partial charge in [0.1, 0.15) is 11.9 Å². The smallest absolute Gasteiger partial charge is 0.252 e. The van der Waals surface area contributed by atoms with E-state index in [0.29, 0.717) is 18.0 Å². The molecule has 0 saturated carbocycles. The lowest BCUT2D eigenvalue weighted by Crippen LogP contribution is -2.34. The first-order valence-corrected chi connectivity index (χ1v) is 9.20. The van der Waals surface area contributed by atoms with E-state index in [0.717, 1.165) is 11.3 Å². The average Bonchev–Trinajstić information content (AvgIpc) is 3.23. The van der Waals surface area contributed by atoms with Gasteiger partial charge in [-0.15, -0.1) is 0 Å². The minimum atomic E-state index is -0.187. The third kappa shape index (κ3) is 4.98. The zero-order valence-electron chi connectivity index (χ0n) is 16.3. The van der Waals surface area contributed by atoms with Crippen molar-refractivity contribution in [2.24, 2.45) is 0 Å². The van der Waals surface area contributed by atoms with Crippen molar-refractivity contribution in [2.75, 3.05) is 20.6 Å². The van der Waals surface area contributed by atoms with Gasteiger partial charge in [-0.05, 0) is 44.8 Å². The molecule has 2 heterocycles. The Bertz CT molecular complexity index is 862. The van der Waals surface area contributed by atoms with Gasteiger partial charge in [-0.1, -0.05) is 30.3 Å². The minimum Gasteiger partial charge on any atom is -0.470 e. The van der Waals surface area contributed by atoms with Crippen molar-refractivity contribution in [3.63, 3.8) is 0 Å². The van der Waals surface area contributed by atoms with E-state index in [1.165, 1.54) is 6.20 Å². The fraction of sp³-hybridized carbons (Fsp3) is 0.273. The molecule has 3 aromatic rings. The Kier molecular flexibility index (Phi) is 6.45. The van der Waals surface area contributed by atoms with Gasteiger partial charge in [0, 0.05) is 18.8 Å². The van der Waals surface area contributed by atoms with Crippen LogP contribution in [0, 0.1) is 0 Å². The van der Waals surface area contributed by atoms with E-state index >= 15 is 0 Å². The van der Waals surface area contributed by atoms with Crippen LogP contribution in [-0.2, 0) is 0 Å². The molecule has 1 aromatic carbocycles. The topological polar surface area (TPSA) is 67.6 Å². The highest BCUT2D eigenvalue weighted by atomic mass is 16.5. The molecule has 1 N–H and O–H groups in total. The number of amides is 1. The molecule has 3 rings (SSSR count). The summed E-state index contributed by atoms with van der Waals surface area (Å²) in [5, 5.41) is 2.93. The molecule has 146 valence electrons. The lowest BCUT2D eigenvalue weighted by molar-refractivity contribution is 0.0938. The van der Waals surface area contributed by atoms with Crippen molar-refractivity contribution in [3.05, 3.63) is 83.9 Å². The fourth-order valence-electron chi connectivity index (χ4n) is 2.87. The fourth-order valence-corrected chi connectivity index (χ4v) is 2.87. The Morgan fingerprint density at radius 1 is 1.14 bits per heavy atom. The first-order valence-electron chi connectivity index (χ1n) is 9.20. The largest absolute Gasteiger partial charge is 0.470 e. The summed E-state index contributed by atoms with van der Waals surface area (Å²) in [5.74, 6) is 1.10. The SMILES string of the molecule is C[C@@H](Oc1ccc(C(=O)NC[C@H](c2ccco2)N(C)C)cn1)c1ccccc1. The number of hydrogen-bond acceptors (Lipinski definition) is 5. The molecule has 0 aliphatic carbocycles. The Hall–Kier alpha value is -3.12. The Morgan fingerprint density at radius 3 is 2.54 bits per heavy atom. The van der Waals surface area contributed by atoms with Gasteiger partial charge in [0.25, 0.3) is 5.91 Å². The zero-order valence-corrected chi connectivity index (χ0v) is 16.3. The Balaban J connectivity index is 1.57. The number of nitrogens with zero attached hydrogens (tertiary/aromatic N) is 2. The number of hydrogen-bond donors (Lipinski definition) is 1. The molecule has 0 saturated heterocycles. The lowest BCUT2D eigenvalue weighted by atomic mass is 10.1. The number of likely N-dealkylation sites (N-methyl/N-ethyl adjacent to an activating group) is 1. The number of pyridine rings is 1. The van der Waals surface area contributed by atoms with E-state index in [9.17, 15) is 4.79 Å². The van der Waals surface area contributed by atoms with Gasteiger partial charge in [0.15, 0.2) is 0 Å². The molecule has 2 aromatic heterocycles.